The molecule has 0 saturated heterocycles. The van der Waals surface area contributed by atoms with E-state index in [4.69, 9.17) is 0 Å². The third-order valence-electron chi connectivity index (χ3n) is 4.31. The number of hydrogen-bond donors (Lipinski definition) is 0. The van der Waals surface area contributed by atoms with E-state index in [0.29, 0.717) is 5.78 Å². The van der Waals surface area contributed by atoms with Gasteiger partial charge in [-0.2, -0.15) is 0 Å². The number of hydrogen-bond acceptors (Lipinski definition) is 1. The topological polar surface area (TPSA) is 17.1 Å². The molecule has 2 aliphatic rings. The average molecular weight is 232 g/mol. The molecule has 0 aromatic rings. The van der Waals surface area contributed by atoms with Gasteiger partial charge in [0.1, 0.15) is 0 Å². The molecule has 0 unspecified atom stereocenters. The maximum atomic E-state index is 12.0. The van der Waals surface area contributed by atoms with Gasteiger partial charge in [0.15, 0.2) is 5.78 Å². The van der Waals surface area contributed by atoms with E-state index >= 15 is 0 Å². The van der Waals surface area contributed by atoms with Gasteiger partial charge >= 0.3 is 0 Å². The molecule has 0 aromatic carbocycles. The Labute approximate surface area is 105 Å². The van der Waals surface area contributed by atoms with Gasteiger partial charge < -0.3 is 0 Å². The highest BCUT2D eigenvalue weighted by Gasteiger charge is 2.20. The molecule has 0 heterocycles. The molecule has 0 N–H and O–H groups in total. The highest BCUT2D eigenvalue weighted by molar-refractivity contribution is 5.96. The van der Waals surface area contributed by atoms with Crippen molar-refractivity contribution in [2.45, 2.75) is 71.6 Å². The molecular weight excluding hydrogens is 208 g/mol. The monoisotopic (exact) mass is 232 g/mol. The number of ketones is 1. The van der Waals surface area contributed by atoms with E-state index in [1.54, 1.807) is 5.57 Å². The first-order valence-electron chi connectivity index (χ1n) is 7.12. The van der Waals surface area contributed by atoms with Crippen molar-refractivity contribution in [1.29, 1.82) is 0 Å². The highest BCUT2D eigenvalue weighted by atomic mass is 16.1. The summed E-state index contributed by atoms with van der Waals surface area (Å²) in [5.74, 6) is 0.391. The fraction of sp³-hybridized carbons (Fsp3) is 0.688. The third kappa shape index (κ3) is 2.88. The SMILES string of the molecule is CC1=C(C2=C(C)C(=O)CCCC2)CCCCC1. The largest absolute Gasteiger partial charge is 0.295 e. The Balaban J connectivity index is 2.35. The summed E-state index contributed by atoms with van der Waals surface area (Å²) in [6.45, 7) is 4.32. The maximum Gasteiger partial charge on any atom is 0.158 e. The Bertz CT molecular complexity index is 371. The molecule has 2 rings (SSSR count). The third-order valence-corrected chi connectivity index (χ3v) is 4.31. The summed E-state index contributed by atoms with van der Waals surface area (Å²) >= 11 is 0. The first-order chi connectivity index (χ1) is 8.20. The Kier molecular flexibility index (Phi) is 4.20. The predicted octanol–water partition coefficient (Wildman–Crippen LogP) is 4.73. The zero-order chi connectivity index (χ0) is 12.3. The van der Waals surface area contributed by atoms with Crippen molar-refractivity contribution in [3.63, 3.8) is 0 Å². The smallest absolute Gasteiger partial charge is 0.158 e. The summed E-state index contributed by atoms with van der Waals surface area (Å²) in [6.07, 6.45) is 10.6. The second kappa shape index (κ2) is 5.66. The van der Waals surface area contributed by atoms with Gasteiger partial charge in [0.2, 0.25) is 0 Å². The van der Waals surface area contributed by atoms with Crippen LogP contribution in [0.2, 0.25) is 0 Å². The summed E-state index contributed by atoms with van der Waals surface area (Å²) < 4.78 is 0. The van der Waals surface area contributed by atoms with Crippen molar-refractivity contribution in [2.75, 3.05) is 0 Å². The van der Waals surface area contributed by atoms with Crippen LogP contribution >= 0.6 is 0 Å². The molecule has 0 fully saturated rings. The maximum absolute atomic E-state index is 12.0. The lowest BCUT2D eigenvalue weighted by molar-refractivity contribution is -0.115. The van der Waals surface area contributed by atoms with Gasteiger partial charge in [-0.15, -0.1) is 0 Å². The molecule has 0 saturated carbocycles. The minimum absolute atomic E-state index is 0.391. The van der Waals surface area contributed by atoms with Crippen LogP contribution in [0.3, 0.4) is 0 Å². The molecular formula is C16H24O. The van der Waals surface area contributed by atoms with E-state index < -0.39 is 0 Å². The standard InChI is InChI=1S/C16H24O/c1-12-8-4-3-5-9-14(12)15-10-6-7-11-16(17)13(15)2/h3-11H2,1-2H3. The van der Waals surface area contributed by atoms with Crippen LogP contribution in [-0.2, 0) is 4.79 Å². The lowest BCUT2D eigenvalue weighted by Crippen LogP contribution is -2.02. The van der Waals surface area contributed by atoms with E-state index in [9.17, 15) is 4.79 Å². The van der Waals surface area contributed by atoms with E-state index in [-0.39, 0.29) is 0 Å². The highest BCUT2D eigenvalue weighted by Crippen LogP contribution is 2.34. The number of allylic oxidation sites excluding steroid dienone is 4. The van der Waals surface area contributed by atoms with Crippen LogP contribution < -0.4 is 0 Å². The second-order valence-corrected chi connectivity index (χ2v) is 5.55. The molecule has 0 atom stereocenters. The lowest BCUT2D eigenvalue weighted by atomic mass is 9.90. The summed E-state index contributed by atoms with van der Waals surface area (Å²) in [7, 11) is 0. The molecule has 1 heteroatoms. The van der Waals surface area contributed by atoms with Crippen molar-refractivity contribution in [3.8, 4) is 0 Å². The van der Waals surface area contributed by atoms with Crippen LogP contribution in [0.15, 0.2) is 22.3 Å². The zero-order valence-electron chi connectivity index (χ0n) is 11.3. The van der Waals surface area contributed by atoms with Crippen LogP contribution in [0.4, 0.5) is 0 Å². The number of carbonyl (C=O) groups is 1. The fourth-order valence-electron chi connectivity index (χ4n) is 3.15. The van der Waals surface area contributed by atoms with E-state index in [2.05, 4.69) is 6.92 Å². The molecule has 0 bridgehead atoms. The second-order valence-electron chi connectivity index (χ2n) is 5.55. The van der Waals surface area contributed by atoms with Crippen molar-refractivity contribution in [2.24, 2.45) is 0 Å². The van der Waals surface area contributed by atoms with Crippen molar-refractivity contribution in [3.05, 3.63) is 22.3 Å². The van der Waals surface area contributed by atoms with Gasteiger partial charge in [0.25, 0.3) is 0 Å². The van der Waals surface area contributed by atoms with Crippen LogP contribution in [0.5, 0.6) is 0 Å². The molecule has 0 aliphatic heterocycles. The van der Waals surface area contributed by atoms with Crippen LogP contribution in [0.1, 0.15) is 71.6 Å². The Morgan fingerprint density at radius 2 is 1.29 bits per heavy atom. The first kappa shape index (κ1) is 12.6. The van der Waals surface area contributed by atoms with Gasteiger partial charge in [-0.25, -0.2) is 0 Å². The average Bonchev–Trinajstić information content (AvgIpc) is 2.61. The normalized spacial score (nSPS) is 23.8. The summed E-state index contributed by atoms with van der Waals surface area (Å²) in [4.78, 5) is 12.0. The molecule has 2 aliphatic carbocycles. The predicted molar refractivity (Wildman–Crippen MR) is 72.0 cm³/mol. The Morgan fingerprint density at radius 3 is 2.12 bits per heavy atom. The van der Waals surface area contributed by atoms with E-state index in [0.717, 1.165) is 24.8 Å². The van der Waals surface area contributed by atoms with E-state index in [1.165, 1.54) is 49.7 Å². The van der Waals surface area contributed by atoms with Crippen molar-refractivity contribution >= 4 is 5.78 Å². The van der Waals surface area contributed by atoms with Crippen molar-refractivity contribution in [1.82, 2.24) is 0 Å². The van der Waals surface area contributed by atoms with Gasteiger partial charge in [0, 0.05) is 6.42 Å². The summed E-state index contributed by atoms with van der Waals surface area (Å²) in [5.41, 5.74) is 5.56. The molecule has 17 heavy (non-hydrogen) atoms. The quantitative estimate of drug-likeness (QED) is 0.639. The minimum atomic E-state index is 0.391. The van der Waals surface area contributed by atoms with Crippen LogP contribution in [0, 0.1) is 0 Å². The number of carbonyl (C=O) groups excluding carboxylic acids is 1. The van der Waals surface area contributed by atoms with Gasteiger partial charge in [-0.3, -0.25) is 4.79 Å². The van der Waals surface area contributed by atoms with Crippen LogP contribution in [-0.4, -0.2) is 5.78 Å². The Hall–Kier alpha value is -0.850. The van der Waals surface area contributed by atoms with Gasteiger partial charge in [-0.1, -0.05) is 12.0 Å². The molecule has 0 radical (unpaired) electrons. The minimum Gasteiger partial charge on any atom is -0.295 e. The Morgan fingerprint density at radius 1 is 0.706 bits per heavy atom. The molecule has 94 valence electrons. The van der Waals surface area contributed by atoms with Gasteiger partial charge in [-0.05, 0) is 75.5 Å². The fourth-order valence-corrected chi connectivity index (χ4v) is 3.15. The molecule has 0 spiro atoms. The molecule has 0 aromatic heterocycles. The molecule has 0 amide bonds. The van der Waals surface area contributed by atoms with Crippen LogP contribution in [0.25, 0.3) is 0 Å². The van der Waals surface area contributed by atoms with Crippen molar-refractivity contribution < 1.29 is 4.79 Å². The van der Waals surface area contributed by atoms with E-state index in [1.807, 2.05) is 6.92 Å². The zero-order valence-corrected chi connectivity index (χ0v) is 11.3. The number of Topliss-reactive ketones (excluding diaryl/α,β-unsaturated/α-hetero) is 1. The molecule has 1 nitrogen and oxygen atoms in total. The number of rotatable bonds is 1. The lowest BCUT2D eigenvalue weighted by Gasteiger charge is -2.15. The summed E-state index contributed by atoms with van der Waals surface area (Å²) in [5, 5.41) is 0. The first-order valence-corrected chi connectivity index (χ1v) is 7.12. The summed E-state index contributed by atoms with van der Waals surface area (Å²) in [6, 6.07) is 0. The van der Waals surface area contributed by atoms with Gasteiger partial charge in [0.05, 0.1) is 0 Å².